The standard InChI is InChI=1S/C25H22N4O4/c1-16(30)22-23(29-11-13-32-14-12-29)19-8-7-18(15-21(19)33-24(22)31)27-25-26-10-9-20(28-25)17-5-3-2-4-6-17/h2-10,15H,11-14H2,1H3,(H,26,27,28). The zero-order valence-corrected chi connectivity index (χ0v) is 18.1. The fraction of sp³-hybridized carbons (Fsp3) is 0.200. The summed E-state index contributed by atoms with van der Waals surface area (Å²) < 4.78 is 11.0. The Labute approximate surface area is 189 Å². The van der Waals surface area contributed by atoms with Crippen molar-refractivity contribution in [2.24, 2.45) is 0 Å². The van der Waals surface area contributed by atoms with Gasteiger partial charge in [0.25, 0.3) is 0 Å². The number of ketones is 1. The summed E-state index contributed by atoms with van der Waals surface area (Å²) in [6.45, 7) is 3.65. The second-order valence-corrected chi connectivity index (χ2v) is 7.74. The van der Waals surface area contributed by atoms with Gasteiger partial charge < -0.3 is 19.4 Å². The van der Waals surface area contributed by atoms with E-state index >= 15 is 0 Å². The molecule has 0 spiro atoms. The van der Waals surface area contributed by atoms with Gasteiger partial charge in [0.15, 0.2) is 5.78 Å². The van der Waals surface area contributed by atoms with Crippen molar-refractivity contribution in [3.05, 3.63) is 76.8 Å². The first kappa shape index (κ1) is 20.8. The number of anilines is 3. The lowest BCUT2D eigenvalue weighted by molar-refractivity contribution is 0.101. The average Bonchev–Trinajstić information content (AvgIpc) is 2.84. The smallest absolute Gasteiger partial charge is 0.349 e. The number of hydrogen-bond donors (Lipinski definition) is 1. The van der Waals surface area contributed by atoms with Crippen LogP contribution in [0.2, 0.25) is 0 Å². The van der Waals surface area contributed by atoms with E-state index in [1.54, 1.807) is 12.3 Å². The summed E-state index contributed by atoms with van der Waals surface area (Å²) in [4.78, 5) is 35.9. The Morgan fingerprint density at radius 2 is 1.85 bits per heavy atom. The normalized spacial score (nSPS) is 13.8. The number of benzene rings is 2. The maximum Gasteiger partial charge on any atom is 0.349 e. The molecule has 8 heteroatoms. The molecule has 1 fully saturated rings. The minimum absolute atomic E-state index is 0.0732. The number of rotatable bonds is 5. The Morgan fingerprint density at radius 3 is 2.61 bits per heavy atom. The molecule has 0 bridgehead atoms. The molecular formula is C25H22N4O4. The van der Waals surface area contributed by atoms with Crippen molar-refractivity contribution < 1.29 is 13.9 Å². The lowest BCUT2D eigenvalue weighted by atomic mass is 10.1. The van der Waals surface area contributed by atoms with Gasteiger partial charge in [-0.1, -0.05) is 30.3 Å². The molecule has 2 aromatic carbocycles. The number of carbonyl (C=O) groups is 1. The molecule has 0 aliphatic carbocycles. The molecule has 0 saturated carbocycles. The van der Waals surface area contributed by atoms with E-state index in [9.17, 15) is 9.59 Å². The van der Waals surface area contributed by atoms with Crippen molar-refractivity contribution in [2.75, 3.05) is 36.5 Å². The second-order valence-electron chi connectivity index (χ2n) is 7.74. The summed E-state index contributed by atoms with van der Waals surface area (Å²) in [5.41, 5.74) is 2.86. The van der Waals surface area contributed by atoms with Gasteiger partial charge >= 0.3 is 5.63 Å². The highest BCUT2D eigenvalue weighted by Gasteiger charge is 2.24. The molecular weight excluding hydrogens is 420 g/mol. The van der Waals surface area contributed by atoms with Crippen molar-refractivity contribution in [2.45, 2.75) is 6.92 Å². The summed E-state index contributed by atoms with van der Waals surface area (Å²) in [5, 5.41) is 3.88. The van der Waals surface area contributed by atoms with Crippen molar-refractivity contribution >= 4 is 34.1 Å². The Hall–Kier alpha value is -4.04. The number of nitrogens with zero attached hydrogens (tertiary/aromatic N) is 3. The van der Waals surface area contributed by atoms with Crippen LogP contribution in [-0.4, -0.2) is 42.1 Å². The van der Waals surface area contributed by atoms with Crippen molar-refractivity contribution in [1.82, 2.24) is 9.97 Å². The van der Waals surface area contributed by atoms with Gasteiger partial charge in [0, 0.05) is 42.0 Å². The van der Waals surface area contributed by atoms with E-state index in [1.165, 1.54) is 6.92 Å². The number of fused-ring (bicyclic) bond motifs is 1. The van der Waals surface area contributed by atoms with Crippen molar-refractivity contribution in [3.8, 4) is 11.3 Å². The lowest BCUT2D eigenvalue weighted by Gasteiger charge is -2.30. The maximum atomic E-state index is 12.7. The zero-order valence-electron chi connectivity index (χ0n) is 18.1. The molecule has 1 saturated heterocycles. The summed E-state index contributed by atoms with van der Waals surface area (Å²) in [5.74, 6) is 0.104. The van der Waals surface area contributed by atoms with E-state index < -0.39 is 5.63 Å². The number of hydrogen-bond acceptors (Lipinski definition) is 8. The maximum absolute atomic E-state index is 12.7. The molecule has 2 aromatic heterocycles. The van der Waals surface area contributed by atoms with Crippen LogP contribution in [0.25, 0.3) is 22.2 Å². The van der Waals surface area contributed by atoms with Gasteiger partial charge in [0.2, 0.25) is 5.95 Å². The summed E-state index contributed by atoms with van der Waals surface area (Å²) >= 11 is 0. The van der Waals surface area contributed by atoms with Gasteiger partial charge in [0.05, 0.1) is 24.6 Å². The van der Waals surface area contributed by atoms with E-state index in [2.05, 4.69) is 15.3 Å². The molecule has 5 rings (SSSR count). The first-order valence-corrected chi connectivity index (χ1v) is 10.7. The Balaban J connectivity index is 1.54. The van der Waals surface area contributed by atoms with Crippen LogP contribution in [0, 0.1) is 0 Å². The first-order chi connectivity index (χ1) is 16.1. The van der Waals surface area contributed by atoms with Crippen LogP contribution in [0.5, 0.6) is 0 Å². The predicted molar refractivity (Wildman–Crippen MR) is 126 cm³/mol. The highest BCUT2D eigenvalue weighted by molar-refractivity contribution is 6.07. The van der Waals surface area contributed by atoms with E-state index in [0.717, 1.165) is 11.3 Å². The van der Waals surface area contributed by atoms with Crippen molar-refractivity contribution in [1.29, 1.82) is 0 Å². The quantitative estimate of drug-likeness (QED) is 0.365. The van der Waals surface area contributed by atoms with Crippen LogP contribution in [0.15, 0.2) is 70.0 Å². The molecule has 0 amide bonds. The third-order valence-corrected chi connectivity index (χ3v) is 5.54. The Morgan fingerprint density at radius 1 is 1.06 bits per heavy atom. The zero-order chi connectivity index (χ0) is 22.8. The van der Waals surface area contributed by atoms with E-state index in [-0.39, 0.29) is 11.3 Å². The number of nitrogens with one attached hydrogen (secondary N) is 1. The second kappa shape index (κ2) is 8.84. The van der Waals surface area contributed by atoms with Crippen molar-refractivity contribution in [3.63, 3.8) is 0 Å². The third kappa shape index (κ3) is 4.20. The summed E-state index contributed by atoms with van der Waals surface area (Å²) in [7, 11) is 0. The molecule has 166 valence electrons. The topological polar surface area (TPSA) is 97.6 Å². The SMILES string of the molecule is CC(=O)c1c(N2CCOCC2)c2ccc(Nc3nccc(-c4ccccc4)n3)cc2oc1=O. The van der Waals surface area contributed by atoms with E-state index in [4.69, 9.17) is 9.15 Å². The number of morpholine rings is 1. The third-order valence-electron chi connectivity index (χ3n) is 5.54. The highest BCUT2D eigenvalue weighted by Crippen LogP contribution is 2.32. The fourth-order valence-electron chi connectivity index (χ4n) is 4.01. The molecule has 8 nitrogen and oxygen atoms in total. The monoisotopic (exact) mass is 442 g/mol. The van der Waals surface area contributed by atoms with Crippen LogP contribution < -0.4 is 15.8 Å². The van der Waals surface area contributed by atoms with Crippen LogP contribution in [-0.2, 0) is 4.74 Å². The molecule has 1 aliphatic heterocycles. The largest absolute Gasteiger partial charge is 0.422 e. The Bertz CT molecular complexity index is 1380. The average molecular weight is 442 g/mol. The lowest BCUT2D eigenvalue weighted by Crippen LogP contribution is -2.38. The van der Waals surface area contributed by atoms with E-state index in [1.807, 2.05) is 53.4 Å². The molecule has 3 heterocycles. The minimum Gasteiger partial charge on any atom is -0.422 e. The fourth-order valence-corrected chi connectivity index (χ4v) is 4.01. The van der Waals surface area contributed by atoms with Gasteiger partial charge in [-0.2, -0.15) is 0 Å². The van der Waals surface area contributed by atoms with Crippen LogP contribution in [0.1, 0.15) is 17.3 Å². The molecule has 1 aliphatic rings. The van der Waals surface area contributed by atoms with Crippen LogP contribution >= 0.6 is 0 Å². The first-order valence-electron chi connectivity index (χ1n) is 10.7. The van der Waals surface area contributed by atoms with E-state index in [0.29, 0.717) is 54.6 Å². The number of ether oxygens (including phenoxy) is 1. The van der Waals surface area contributed by atoms with Gasteiger partial charge in [-0.15, -0.1) is 0 Å². The minimum atomic E-state index is -0.643. The molecule has 4 aromatic rings. The predicted octanol–water partition coefficient (Wildman–Crippen LogP) is 4.03. The Kier molecular flexibility index (Phi) is 5.58. The number of aromatic nitrogens is 2. The molecule has 33 heavy (non-hydrogen) atoms. The van der Waals surface area contributed by atoms with Crippen LogP contribution in [0.3, 0.4) is 0 Å². The molecule has 0 radical (unpaired) electrons. The molecule has 0 unspecified atom stereocenters. The van der Waals surface area contributed by atoms with Gasteiger partial charge in [-0.05, 0) is 25.1 Å². The van der Waals surface area contributed by atoms with Gasteiger partial charge in [-0.25, -0.2) is 14.8 Å². The number of Topliss-reactive ketones (excluding diaryl/α,β-unsaturated/α-hetero) is 1. The summed E-state index contributed by atoms with van der Waals surface area (Å²) in [6.07, 6.45) is 1.69. The summed E-state index contributed by atoms with van der Waals surface area (Å²) in [6, 6.07) is 17.1. The van der Waals surface area contributed by atoms with Gasteiger partial charge in [0.1, 0.15) is 11.1 Å². The van der Waals surface area contributed by atoms with Crippen LogP contribution in [0.4, 0.5) is 17.3 Å². The van der Waals surface area contributed by atoms with Gasteiger partial charge in [-0.3, -0.25) is 4.79 Å². The number of carbonyl (C=O) groups excluding carboxylic acids is 1. The highest BCUT2D eigenvalue weighted by atomic mass is 16.5. The molecule has 1 N–H and O–H groups in total. The molecule has 0 atom stereocenters.